The van der Waals surface area contributed by atoms with Gasteiger partial charge >= 0.3 is 0 Å². The Morgan fingerprint density at radius 2 is 2.02 bits per heavy atom. The molecule has 14 heteroatoms. The molecule has 0 radical (unpaired) electrons. The van der Waals surface area contributed by atoms with Crippen molar-refractivity contribution < 1.29 is 13.6 Å². The number of aliphatic imine (C=N–C) groups is 1. The van der Waals surface area contributed by atoms with Crippen LogP contribution in [0.25, 0.3) is 0 Å². The second kappa shape index (κ2) is 11.8. The van der Waals surface area contributed by atoms with Crippen molar-refractivity contribution in [3.05, 3.63) is 42.2 Å². The fourth-order valence-corrected chi connectivity index (χ4v) is 6.43. The lowest BCUT2D eigenvalue weighted by Crippen LogP contribution is -2.58. The number of carbonyl (C=O) groups excluding carboxylic acids is 1. The first-order valence-corrected chi connectivity index (χ1v) is 17.6. The van der Waals surface area contributed by atoms with E-state index in [1.54, 1.807) is 28.1 Å². The third kappa shape index (κ3) is 6.06. The normalized spacial score (nSPS) is 27.8. The van der Waals surface area contributed by atoms with Gasteiger partial charge in [0.15, 0.2) is 20.4 Å². The van der Waals surface area contributed by atoms with Crippen molar-refractivity contribution in [2.45, 2.75) is 64.3 Å². The largest absolute Gasteiger partial charge is 0.409 e. The van der Waals surface area contributed by atoms with E-state index >= 15 is 0 Å². The maximum atomic E-state index is 14.1. The van der Waals surface area contributed by atoms with Gasteiger partial charge in [0.1, 0.15) is 11.2 Å². The minimum Gasteiger partial charge on any atom is -0.409 e. The number of allylic oxidation sites excluding steroid dienone is 4. The summed E-state index contributed by atoms with van der Waals surface area (Å²) in [6, 6.07) is 1.59. The lowest BCUT2D eigenvalue weighted by Gasteiger charge is -2.42. The molecule has 4 unspecified atom stereocenters. The lowest BCUT2D eigenvalue weighted by atomic mass is 9.71. The molecule has 1 aromatic heterocycles. The number of anilines is 1. The van der Waals surface area contributed by atoms with Crippen LogP contribution >= 0.6 is 0 Å². The van der Waals surface area contributed by atoms with Crippen LogP contribution in [0.4, 0.5) is 10.3 Å². The van der Waals surface area contributed by atoms with Crippen molar-refractivity contribution in [1.82, 2.24) is 30.0 Å². The third-order valence-electron chi connectivity index (χ3n) is 9.12. The molecule has 12 nitrogen and oxygen atoms in total. The Morgan fingerprint density at radius 3 is 2.70 bits per heavy atom. The Labute approximate surface area is 253 Å². The van der Waals surface area contributed by atoms with Gasteiger partial charge in [-0.1, -0.05) is 26.8 Å². The number of aromatic nitrogens is 3. The SMILES string of the molecule is Cn1nc(CO[Si](C)(C)C(C)(C)C)nc1N1C=CC=NC1N1CCN(C(=O)C2C=NNC2C2(C#N)C=C(F)C=CC2)CC1. The summed E-state index contributed by atoms with van der Waals surface area (Å²) in [5, 5.41) is 18.8. The lowest BCUT2D eigenvalue weighted by molar-refractivity contribution is -0.136. The fraction of sp³-hybridized carbons (Fsp3) is 0.586. The van der Waals surface area contributed by atoms with Crippen LogP contribution in [0.3, 0.4) is 0 Å². The number of nitrogens with zero attached hydrogens (tertiary/aromatic N) is 9. The first-order chi connectivity index (χ1) is 20.3. The Balaban J connectivity index is 1.24. The predicted molar refractivity (Wildman–Crippen MR) is 165 cm³/mol. The van der Waals surface area contributed by atoms with E-state index in [0.717, 1.165) is 0 Å². The number of piperazine rings is 1. The zero-order valence-electron chi connectivity index (χ0n) is 25.7. The maximum Gasteiger partial charge on any atom is 0.233 e. The Morgan fingerprint density at radius 1 is 1.28 bits per heavy atom. The highest BCUT2D eigenvalue weighted by atomic mass is 28.4. The van der Waals surface area contributed by atoms with Crippen molar-refractivity contribution in [1.29, 1.82) is 5.26 Å². The van der Waals surface area contributed by atoms with Crippen LogP contribution in [0, 0.1) is 22.7 Å². The van der Waals surface area contributed by atoms with Crippen LogP contribution in [0.5, 0.6) is 0 Å². The molecule has 4 aliphatic rings. The number of carbonyl (C=O) groups is 1. The number of aryl methyl sites for hydroxylation is 1. The van der Waals surface area contributed by atoms with Crippen molar-refractivity contribution in [3.63, 3.8) is 0 Å². The van der Waals surface area contributed by atoms with Gasteiger partial charge < -0.3 is 14.8 Å². The van der Waals surface area contributed by atoms with Crippen LogP contribution in [0.15, 0.2) is 46.4 Å². The van der Waals surface area contributed by atoms with Crippen molar-refractivity contribution in [3.8, 4) is 6.07 Å². The summed E-state index contributed by atoms with van der Waals surface area (Å²) < 4.78 is 22.2. The monoisotopic (exact) mass is 608 g/mol. The minimum absolute atomic E-state index is 0.0882. The highest BCUT2D eigenvalue weighted by molar-refractivity contribution is 6.74. The Kier molecular flexibility index (Phi) is 8.43. The first-order valence-electron chi connectivity index (χ1n) is 14.7. The number of halogens is 1. The molecule has 4 atom stereocenters. The molecule has 1 saturated heterocycles. The van der Waals surface area contributed by atoms with Crippen molar-refractivity contribution in [2.75, 3.05) is 31.1 Å². The summed E-state index contributed by atoms with van der Waals surface area (Å²) in [5.74, 6) is 0.00913. The topological polar surface area (TPSA) is 127 Å². The number of nitriles is 1. The zero-order chi connectivity index (χ0) is 31.0. The molecule has 1 aromatic rings. The van der Waals surface area contributed by atoms with Crippen LogP contribution < -0.4 is 10.3 Å². The zero-order valence-corrected chi connectivity index (χ0v) is 26.7. The van der Waals surface area contributed by atoms with Gasteiger partial charge in [0, 0.05) is 51.9 Å². The summed E-state index contributed by atoms with van der Waals surface area (Å²) in [6.07, 6.45) is 11.4. The standard InChI is InChI=1S/C29H41FN10O2Si/c1-28(2,3)43(5,6)42-19-23-34-27(37(4)36-23)40-12-8-11-32-26(40)39-15-13-38(14-16-39)25(41)22-18-33-35-24(22)29(20-31)10-7-9-21(30)17-29/h7-9,11-12,17-18,22,24,26,35H,10,13-16,19H2,1-6H3. The second-order valence-corrected chi connectivity index (χ2v) is 17.8. The smallest absolute Gasteiger partial charge is 0.233 e. The van der Waals surface area contributed by atoms with E-state index in [0.29, 0.717) is 51.0 Å². The quantitative estimate of drug-likeness (QED) is 0.468. The number of hydrazone groups is 1. The van der Waals surface area contributed by atoms with Crippen LogP contribution in [-0.2, 0) is 22.9 Å². The Hall–Kier alpha value is -3.67. The first kappa shape index (κ1) is 30.8. The molecule has 0 aromatic carbocycles. The summed E-state index contributed by atoms with van der Waals surface area (Å²) >= 11 is 0. The number of rotatable bonds is 7. The molecule has 1 N–H and O–H groups in total. The second-order valence-electron chi connectivity index (χ2n) is 13.0. The van der Waals surface area contributed by atoms with Gasteiger partial charge in [-0.15, -0.1) is 0 Å². The molecule has 0 saturated carbocycles. The van der Waals surface area contributed by atoms with E-state index in [9.17, 15) is 14.4 Å². The maximum absolute atomic E-state index is 14.1. The summed E-state index contributed by atoms with van der Waals surface area (Å²) in [5.41, 5.74) is 1.72. The number of hydrogen-bond acceptors (Lipinski definition) is 10. The molecule has 3 aliphatic heterocycles. The van der Waals surface area contributed by atoms with Gasteiger partial charge in [0.05, 0.1) is 24.6 Å². The highest BCUT2D eigenvalue weighted by Crippen LogP contribution is 2.39. The molecule has 4 heterocycles. The van der Waals surface area contributed by atoms with Gasteiger partial charge in [-0.3, -0.25) is 19.6 Å². The van der Waals surface area contributed by atoms with Crippen LogP contribution in [0.2, 0.25) is 18.1 Å². The van der Waals surface area contributed by atoms with Crippen molar-refractivity contribution >= 4 is 32.6 Å². The third-order valence-corrected chi connectivity index (χ3v) is 13.6. The molecular weight excluding hydrogens is 567 g/mol. The number of amides is 1. The number of hydrogen-bond donors (Lipinski definition) is 1. The summed E-state index contributed by atoms with van der Waals surface area (Å²) in [4.78, 5) is 29.2. The summed E-state index contributed by atoms with van der Waals surface area (Å²) in [6.45, 7) is 13.5. The molecule has 1 aliphatic carbocycles. The average molecular weight is 609 g/mol. The molecular formula is C29H41FN10O2Si. The Bertz CT molecular complexity index is 1410. The van der Waals surface area contributed by atoms with E-state index in [2.05, 4.69) is 60.5 Å². The molecule has 43 heavy (non-hydrogen) atoms. The van der Waals surface area contributed by atoms with Gasteiger partial charge in [-0.2, -0.15) is 20.4 Å². The van der Waals surface area contributed by atoms with Gasteiger partial charge in [0.2, 0.25) is 11.9 Å². The summed E-state index contributed by atoms with van der Waals surface area (Å²) in [7, 11) is -0.0927. The molecule has 0 spiro atoms. The molecule has 1 amide bonds. The molecule has 1 fully saturated rings. The predicted octanol–water partition coefficient (Wildman–Crippen LogP) is 3.07. The number of nitrogens with one attached hydrogen (secondary N) is 1. The van der Waals surface area contributed by atoms with Gasteiger partial charge in [-0.25, -0.2) is 9.07 Å². The molecule has 0 bridgehead atoms. The fourth-order valence-electron chi connectivity index (χ4n) is 5.50. The van der Waals surface area contributed by atoms with Gasteiger partial charge in [0.25, 0.3) is 0 Å². The molecule has 230 valence electrons. The van der Waals surface area contributed by atoms with E-state index in [4.69, 9.17) is 14.4 Å². The van der Waals surface area contributed by atoms with Gasteiger partial charge in [-0.05, 0) is 42.8 Å². The highest BCUT2D eigenvalue weighted by Gasteiger charge is 2.48. The van der Waals surface area contributed by atoms with Crippen LogP contribution in [0.1, 0.15) is 33.0 Å². The van der Waals surface area contributed by atoms with E-state index in [-0.39, 0.29) is 17.2 Å². The van der Waals surface area contributed by atoms with Crippen molar-refractivity contribution in [2.24, 2.45) is 28.5 Å². The minimum atomic E-state index is -1.96. The van der Waals surface area contributed by atoms with E-state index < -0.39 is 31.5 Å². The van der Waals surface area contributed by atoms with Crippen LogP contribution in [-0.4, -0.2) is 89.7 Å². The molecule has 5 rings (SSSR count). The van der Waals surface area contributed by atoms with E-state index in [1.807, 2.05) is 24.2 Å². The van der Waals surface area contributed by atoms with E-state index in [1.165, 1.54) is 12.2 Å². The average Bonchev–Trinajstić information content (AvgIpc) is 3.62.